The predicted octanol–water partition coefficient (Wildman–Crippen LogP) is 4.69. The number of amides is 1. The minimum atomic E-state index is -0.387. The Morgan fingerprint density at radius 1 is 0.947 bits per heavy atom. The van der Waals surface area contributed by atoms with Gasteiger partial charge in [-0.15, -0.1) is 22.7 Å². The monoisotopic (exact) mass is 554 g/mol. The van der Waals surface area contributed by atoms with Crippen molar-refractivity contribution >= 4 is 49.8 Å². The number of carbonyl (C=O) groups is 2. The molecule has 202 valence electrons. The van der Waals surface area contributed by atoms with Crippen LogP contribution >= 0.6 is 22.7 Å². The molecule has 0 radical (unpaired) electrons. The second kappa shape index (κ2) is 10.9. The Morgan fingerprint density at radius 3 is 2.37 bits per heavy atom. The third-order valence-corrected chi connectivity index (χ3v) is 10.3. The van der Waals surface area contributed by atoms with Crippen LogP contribution in [0.4, 0.5) is 5.00 Å². The van der Waals surface area contributed by atoms with Gasteiger partial charge in [0.05, 0.1) is 24.1 Å². The number of nitrogens with one attached hydrogen (secondary N) is 1. The van der Waals surface area contributed by atoms with Gasteiger partial charge in [0.15, 0.2) is 0 Å². The summed E-state index contributed by atoms with van der Waals surface area (Å²) in [5.74, 6) is -0.0551. The van der Waals surface area contributed by atoms with Crippen molar-refractivity contribution in [3.63, 3.8) is 0 Å². The average molecular weight is 555 g/mol. The van der Waals surface area contributed by atoms with Crippen LogP contribution in [0.15, 0.2) is 4.79 Å². The van der Waals surface area contributed by atoms with Gasteiger partial charge in [0, 0.05) is 9.75 Å². The molecule has 3 aromatic rings. The van der Waals surface area contributed by atoms with Gasteiger partial charge in [-0.25, -0.2) is 9.78 Å². The van der Waals surface area contributed by atoms with E-state index in [0.29, 0.717) is 28.3 Å². The maximum absolute atomic E-state index is 13.9. The second-order valence-electron chi connectivity index (χ2n) is 10.5. The van der Waals surface area contributed by atoms with Crippen molar-refractivity contribution in [2.45, 2.75) is 84.2 Å². The Morgan fingerprint density at radius 2 is 1.63 bits per heavy atom. The van der Waals surface area contributed by atoms with Gasteiger partial charge in [-0.3, -0.25) is 19.1 Å². The fourth-order valence-electron chi connectivity index (χ4n) is 6.09. The highest BCUT2D eigenvalue weighted by Crippen LogP contribution is 2.39. The summed E-state index contributed by atoms with van der Waals surface area (Å²) in [6.45, 7) is 4.45. The van der Waals surface area contributed by atoms with E-state index in [1.54, 1.807) is 22.8 Å². The van der Waals surface area contributed by atoms with E-state index in [1.807, 2.05) is 0 Å². The molecule has 0 bridgehead atoms. The van der Waals surface area contributed by atoms with Crippen LogP contribution in [-0.4, -0.2) is 46.0 Å². The van der Waals surface area contributed by atoms with Crippen LogP contribution in [0.1, 0.15) is 82.5 Å². The number of aryl methyl sites for hydroxylation is 3. The summed E-state index contributed by atoms with van der Waals surface area (Å²) < 4.78 is 6.92. The molecule has 3 aliphatic rings. The lowest BCUT2D eigenvalue weighted by atomic mass is 9.95. The molecule has 38 heavy (non-hydrogen) atoms. The standard InChI is InChI=1S/C28H34N4O4S2/c1-2-36-28(35)24-18-10-4-6-12-20(18)38-26(24)30-22(33)16-32-21(15-31-13-7-8-14-31)29-25-23(27(32)34)17-9-3-5-11-19(17)37-25/h2-16H2,1H3,(H,30,33). The SMILES string of the molecule is CCOC(=O)c1c(NC(=O)Cn2c(CN3CCCC3)nc3sc4c(c3c2=O)CCCC4)sc2c1CCCC2. The van der Waals surface area contributed by atoms with Crippen molar-refractivity contribution in [1.29, 1.82) is 0 Å². The van der Waals surface area contributed by atoms with Gasteiger partial charge in [-0.2, -0.15) is 0 Å². The molecule has 0 atom stereocenters. The zero-order valence-corrected chi connectivity index (χ0v) is 23.5. The van der Waals surface area contributed by atoms with E-state index in [4.69, 9.17) is 9.72 Å². The number of ether oxygens (including phenoxy) is 1. The average Bonchev–Trinajstić information content (AvgIpc) is 3.63. The lowest BCUT2D eigenvalue weighted by molar-refractivity contribution is -0.116. The highest BCUT2D eigenvalue weighted by Gasteiger charge is 2.28. The number of fused-ring (bicyclic) bond motifs is 4. The van der Waals surface area contributed by atoms with E-state index in [1.165, 1.54) is 16.2 Å². The lowest BCUT2D eigenvalue weighted by Gasteiger charge is -2.18. The number of rotatable bonds is 7. The fourth-order valence-corrected chi connectivity index (χ4v) is 8.65. The van der Waals surface area contributed by atoms with Gasteiger partial charge in [-0.1, -0.05) is 0 Å². The molecular formula is C28H34N4O4S2. The molecule has 2 aliphatic carbocycles. The van der Waals surface area contributed by atoms with Crippen LogP contribution in [0, 0.1) is 0 Å². The molecule has 3 aromatic heterocycles. The number of thiophene rings is 2. The van der Waals surface area contributed by atoms with Gasteiger partial charge < -0.3 is 10.1 Å². The first-order valence-corrected chi connectivity index (χ1v) is 15.5. The van der Waals surface area contributed by atoms with Crippen LogP contribution in [0.25, 0.3) is 10.2 Å². The van der Waals surface area contributed by atoms with Gasteiger partial charge in [0.25, 0.3) is 5.56 Å². The molecule has 1 fully saturated rings. The Labute approximate surface area is 230 Å². The summed E-state index contributed by atoms with van der Waals surface area (Å²) in [7, 11) is 0. The molecule has 10 heteroatoms. The summed E-state index contributed by atoms with van der Waals surface area (Å²) in [6, 6.07) is 0. The van der Waals surface area contributed by atoms with Gasteiger partial charge >= 0.3 is 5.97 Å². The Hall–Kier alpha value is -2.56. The number of nitrogens with zero attached hydrogens (tertiary/aromatic N) is 3. The van der Waals surface area contributed by atoms with E-state index in [2.05, 4.69) is 10.2 Å². The molecule has 1 amide bonds. The van der Waals surface area contributed by atoms with E-state index in [9.17, 15) is 14.4 Å². The van der Waals surface area contributed by atoms with Crippen molar-refractivity contribution in [3.8, 4) is 0 Å². The largest absolute Gasteiger partial charge is 0.462 e. The van der Waals surface area contributed by atoms with Gasteiger partial charge in [-0.05, 0) is 95.3 Å². The molecule has 0 spiro atoms. The van der Waals surface area contributed by atoms with Crippen molar-refractivity contribution in [3.05, 3.63) is 42.6 Å². The summed E-state index contributed by atoms with van der Waals surface area (Å²) in [5.41, 5.74) is 2.51. The molecule has 1 saturated heterocycles. The zero-order chi connectivity index (χ0) is 26.2. The first kappa shape index (κ1) is 25.7. The highest BCUT2D eigenvalue weighted by atomic mass is 32.1. The predicted molar refractivity (Wildman–Crippen MR) is 151 cm³/mol. The molecule has 0 unspecified atom stereocenters. The molecule has 1 N–H and O–H groups in total. The van der Waals surface area contributed by atoms with Crippen LogP contribution in [-0.2, 0) is 48.3 Å². The molecule has 0 aromatic carbocycles. The lowest BCUT2D eigenvalue weighted by Crippen LogP contribution is -2.34. The minimum Gasteiger partial charge on any atom is -0.462 e. The summed E-state index contributed by atoms with van der Waals surface area (Å²) >= 11 is 3.12. The zero-order valence-electron chi connectivity index (χ0n) is 21.9. The Balaban J connectivity index is 1.35. The first-order chi connectivity index (χ1) is 18.5. The van der Waals surface area contributed by atoms with Gasteiger partial charge in [0.1, 0.15) is 22.2 Å². The third-order valence-electron chi connectivity index (χ3n) is 7.92. The van der Waals surface area contributed by atoms with Crippen LogP contribution in [0.3, 0.4) is 0 Å². The Kier molecular flexibility index (Phi) is 7.37. The number of hydrogen-bond donors (Lipinski definition) is 1. The number of likely N-dealkylation sites (tertiary alicyclic amines) is 1. The quantitative estimate of drug-likeness (QED) is 0.426. The highest BCUT2D eigenvalue weighted by molar-refractivity contribution is 7.18. The molecule has 8 nitrogen and oxygen atoms in total. The van der Waals surface area contributed by atoms with E-state index < -0.39 is 0 Å². The fraction of sp³-hybridized carbons (Fsp3) is 0.571. The smallest absolute Gasteiger partial charge is 0.341 e. The molecule has 4 heterocycles. The van der Waals surface area contributed by atoms with Crippen LogP contribution < -0.4 is 10.9 Å². The van der Waals surface area contributed by atoms with E-state index in [0.717, 1.165) is 98.1 Å². The third kappa shape index (κ3) is 4.82. The minimum absolute atomic E-state index is 0.116. The maximum atomic E-state index is 13.9. The summed E-state index contributed by atoms with van der Waals surface area (Å²) in [6.07, 6.45) is 10.2. The summed E-state index contributed by atoms with van der Waals surface area (Å²) in [5, 5.41) is 4.22. The Bertz CT molecular complexity index is 1450. The molecule has 6 rings (SSSR count). The first-order valence-electron chi connectivity index (χ1n) is 13.9. The topological polar surface area (TPSA) is 93.5 Å². The molecule has 1 aliphatic heterocycles. The molecular weight excluding hydrogens is 520 g/mol. The van der Waals surface area contributed by atoms with Crippen molar-refractivity contribution in [2.75, 3.05) is 25.0 Å². The number of esters is 1. The van der Waals surface area contributed by atoms with E-state index in [-0.39, 0.29) is 30.6 Å². The van der Waals surface area contributed by atoms with E-state index >= 15 is 0 Å². The molecule has 0 saturated carbocycles. The van der Waals surface area contributed by atoms with Crippen molar-refractivity contribution in [1.82, 2.24) is 14.5 Å². The summed E-state index contributed by atoms with van der Waals surface area (Å²) in [4.78, 5) is 50.8. The van der Waals surface area contributed by atoms with Crippen molar-refractivity contribution in [2.24, 2.45) is 0 Å². The number of hydrogen-bond acceptors (Lipinski definition) is 8. The number of anilines is 1. The maximum Gasteiger partial charge on any atom is 0.341 e. The normalized spacial score (nSPS) is 17.4. The van der Waals surface area contributed by atoms with Crippen molar-refractivity contribution < 1.29 is 14.3 Å². The van der Waals surface area contributed by atoms with Gasteiger partial charge in [0.2, 0.25) is 5.91 Å². The van der Waals surface area contributed by atoms with Crippen LogP contribution in [0.5, 0.6) is 0 Å². The van der Waals surface area contributed by atoms with Crippen LogP contribution in [0.2, 0.25) is 0 Å². The second-order valence-corrected chi connectivity index (χ2v) is 12.7. The number of carbonyl (C=O) groups excluding carboxylic acids is 2. The number of aromatic nitrogens is 2.